The van der Waals surface area contributed by atoms with E-state index in [1.165, 1.54) is 11.6 Å². The van der Waals surface area contributed by atoms with Crippen LogP contribution in [0.5, 0.6) is 0 Å². The first-order valence-corrected chi connectivity index (χ1v) is 7.09. The van der Waals surface area contributed by atoms with E-state index in [9.17, 15) is 4.39 Å². The minimum absolute atomic E-state index is 0.237. The predicted molar refractivity (Wildman–Crippen MR) is 80.3 cm³/mol. The lowest BCUT2D eigenvalue weighted by Gasteiger charge is -2.08. The van der Waals surface area contributed by atoms with E-state index < -0.39 is 0 Å². The van der Waals surface area contributed by atoms with Gasteiger partial charge in [0.2, 0.25) is 0 Å². The first-order chi connectivity index (χ1) is 8.56. The second-order valence-corrected chi connectivity index (χ2v) is 5.77. The van der Waals surface area contributed by atoms with Crippen molar-refractivity contribution in [3.05, 3.63) is 62.3 Å². The number of benzene rings is 2. The summed E-state index contributed by atoms with van der Waals surface area (Å²) in [5, 5.41) is 3.26. The van der Waals surface area contributed by atoms with Gasteiger partial charge in [-0.05, 0) is 58.2 Å². The lowest BCUT2D eigenvalue weighted by Crippen LogP contribution is -2.00. The highest BCUT2D eigenvalue weighted by Crippen LogP contribution is 2.22. The summed E-state index contributed by atoms with van der Waals surface area (Å²) >= 11 is 6.63. The summed E-state index contributed by atoms with van der Waals surface area (Å²) < 4.78 is 14.9. The SMILES string of the molecule is Cc1ccc(NCc2ccc(Br)c(F)c2)cc1Br. The van der Waals surface area contributed by atoms with Gasteiger partial charge < -0.3 is 5.32 Å². The molecule has 4 heteroatoms. The molecule has 1 N–H and O–H groups in total. The normalized spacial score (nSPS) is 10.4. The molecule has 2 rings (SSSR count). The van der Waals surface area contributed by atoms with Crippen LogP contribution in [-0.4, -0.2) is 0 Å². The van der Waals surface area contributed by atoms with Crippen LogP contribution < -0.4 is 5.32 Å². The molecule has 0 atom stereocenters. The van der Waals surface area contributed by atoms with Gasteiger partial charge in [-0.1, -0.05) is 28.1 Å². The van der Waals surface area contributed by atoms with Crippen LogP contribution >= 0.6 is 31.9 Å². The van der Waals surface area contributed by atoms with E-state index in [-0.39, 0.29) is 5.82 Å². The number of nitrogens with one attached hydrogen (secondary N) is 1. The van der Waals surface area contributed by atoms with Crippen molar-refractivity contribution in [1.82, 2.24) is 0 Å². The Morgan fingerprint density at radius 3 is 2.50 bits per heavy atom. The Balaban J connectivity index is 2.06. The van der Waals surface area contributed by atoms with Crippen molar-refractivity contribution in [2.75, 3.05) is 5.32 Å². The highest BCUT2D eigenvalue weighted by Gasteiger charge is 2.01. The highest BCUT2D eigenvalue weighted by molar-refractivity contribution is 9.10. The van der Waals surface area contributed by atoms with E-state index >= 15 is 0 Å². The number of rotatable bonds is 3. The van der Waals surface area contributed by atoms with Gasteiger partial charge in [0.05, 0.1) is 4.47 Å². The zero-order valence-electron chi connectivity index (χ0n) is 9.81. The third kappa shape index (κ3) is 3.33. The molecule has 94 valence electrons. The number of aryl methyl sites for hydroxylation is 1. The van der Waals surface area contributed by atoms with E-state index in [0.717, 1.165) is 15.7 Å². The maximum Gasteiger partial charge on any atom is 0.137 e. The van der Waals surface area contributed by atoms with E-state index in [1.807, 2.05) is 31.2 Å². The monoisotopic (exact) mass is 371 g/mol. The fraction of sp³-hybridized carbons (Fsp3) is 0.143. The molecular weight excluding hydrogens is 361 g/mol. The molecule has 0 unspecified atom stereocenters. The second-order valence-electron chi connectivity index (χ2n) is 4.07. The highest BCUT2D eigenvalue weighted by atomic mass is 79.9. The zero-order valence-corrected chi connectivity index (χ0v) is 13.0. The first kappa shape index (κ1) is 13.6. The number of halogens is 3. The van der Waals surface area contributed by atoms with Crippen molar-refractivity contribution in [1.29, 1.82) is 0 Å². The van der Waals surface area contributed by atoms with Gasteiger partial charge in [0, 0.05) is 16.7 Å². The molecule has 0 aliphatic carbocycles. The van der Waals surface area contributed by atoms with Crippen LogP contribution in [-0.2, 0) is 6.54 Å². The molecule has 0 aromatic heterocycles. The molecule has 1 nitrogen and oxygen atoms in total. The molecule has 0 aliphatic heterocycles. The van der Waals surface area contributed by atoms with E-state index in [4.69, 9.17) is 0 Å². The van der Waals surface area contributed by atoms with Gasteiger partial charge in [-0.25, -0.2) is 4.39 Å². The van der Waals surface area contributed by atoms with Gasteiger partial charge in [0.25, 0.3) is 0 Å². The largest absolute Gasteiger partial charge is 0.381 e. The Morgan fingerprint density at radius 1 is 1.06 bits per heavy atom. The van der Waals surface area contributed by atoms with Crippen LogP contribution in [0.15, 0.2) is 45.3 Å². The number of hydrogen-bond donors (Lipinski definition) is 1. The van der Waals surface area contributed by atoms with Crippen LogP contribution in [0.1, 0.15) is 11.1 Å². The van der Waals surface area contributed by atoms with Crippen LogP contribution in [0.3, 0.4) is 0 Å². The van der Waals surface area contributed by atoms with Gasteiger partial charge in [-0.15, -0.1) is 0 Å². The summed E-state index contributed by atoms with van der Waals surface area (Å²) in [6.45, 7) is 2.64. The average Bonchev–Trinajstić information content (AvgIpc) is 2.35. The maximum absolute atomic E-state index is 13.3. The Labute approximate surface area is 123 Å². The minimum Gasteiger partial charge on any atom is -0.381 e. The van der Waals surface area contributed by atoms with Crippen molar-refractivity contribution in [2.24, 2.45) is 0 Å². The molecule has 2 aromatic rings. The molecule has 0 bridgehead atoms. The third-order valence-electron chi connectivity index (χ3n) is 2.65. The van der Waals surface area contributed by atoms with Crippen molar-refractivity contribution in [3.8, 4) is 0 Å². The molecule has 0 heterocycles. The van der Waals surface area contributed by atoms with E-state index in [2.05, 4.69) is 37.2 Å². The number of hydrogen-bond acceptors (Lipinski definition) is 1. The van der Waals surface area contributed by atoms with Crippen molar-refractivity contribution < 1.29 is 4.39 Å². The van der Waals surface area contributed by atoms with Gasteiger partial charge in [-0.3, -0.25) is 0 Å². The Morgan fingerprint density at radius 2 is 1.83 bits per heavy atom. The molecule has 0 spiro atoms. The smallest absolute Gasteiger partial charge is 0.137 e. The average molecular weight is 373 g/mol. The Kier molecular flexibility index (Phi) is 4.40. The van der Waals surface area contributed by atoms with Crippen molar-refractivity contribution in [2.45, 2.75) is 13.5 Å². The minimum atomic E-state index is -0.237. The van der Waals surface area contributed by atoms with Crippen LogP contribution in [0.2, 0.25) is 0 Å². The fourth-order valence-corrected chi connectivity index (χ4v) is 2.18. The molecule has 2 aromatic carbocycles. The predicted octanol–water partition coefficient (Wildman–Crippen LogP) is 5.27. The zero-order chi connectivity index (χ0) is 13.1. The van der Waals surface area contributed by atoms with Gasteiger partial charge in [0.15, 0.2) is 0 Å². The van der Waals surface area contributed by atoms with E-state index in [0.29, 0.717) is 11.0 Å². The van der Waals surface area contributed by atoms with Crippen molar-refractivity contribution in [3.63, 3.8) is 0 Å². The Hall–Kier alpha value is -0.870. The first-order valence-electron chi connectivity index (χ1n) is 5.50. The molecule has 0 fully saturated rings. The summed E-state index contributed by atoms with van der Waals surface area (Å²) in [6.07, 6.45) is 0. The van der Waals surface area contributed by atoms with Gasteiger partial charge in [-0.2, -0.15) is 0 Å². The van der Waals surface area contributed by atoms with E-state index in [1.54, 1.807) is 6.07 Å². The van der Waals surface area contributed by atoms with Crippen molar-refractivity contribution >= 4 is 37.5 Å². The molecule has 0 aliphatic rings. The molecule has 0 saturated carbocycles. The molecule has 0 amide bonds. The van der Waals surface area contributed by atoms with Crippen LogP contribution in [0.4, 0.5) is 10.1 Å². The Bertz CT molecular complexity index is 518. The molecular formula is C14H12Br2FN. The lowest BCUT2D eigenvalue weighted by atomic mass is 10.2. The lowest BCUT2D eigenvalue weighted by molar-refractivity contribution is 0.619. The molecule has 18 heavy (non-hydrogen) atoms. The topological polar surface area (TPSA) is 12.0 Å². The molecule has 0 saturated heterocycles. The van der Waals surface area contributed by atoms with Crippen LogP contribution in [0.25, 0.3) is 0 Å². The summed E-state index contributed by atoms with van der Waals surface area (Å²) in [6, 6.07) is 11.2. The fourth-order valence-electron chi connectivity index (χ4n) is 1.56. The number of anilines is 1. The standard InChI is InChI=1S/C14H12Br2FN/c1-9-2-4-11(7-13(9)16)18-8-10-3-5-12(15)14(17)6-10/h2-7,18H,8H2,1H3. The summed E-state index contributed by atoms with van der Waals surface area (Å²) in [5.74, 6) is -0.237. The second kappa shape index (κ2) is 5.85. The summed E-state index contributed by atoms with van der Waals surface area (Å²) in [4.78, 5) is 0. The third-order valence-corrected chi connectivity index (χ3v) is 4.15. The van der Waals surface area contributed by atoms with Crippen LogP contribution in [0, 0.1) is 12.7 Å². The van der Waals surface area contributed by atoms with Gasteiger partial charge in [0.1, 0.15) is 5.82 Å². The van der Waals surface area contributed by atoms with Gasteiger partial charge >= 0.3 is 0 Å². The summed E-state index contributed by atoms with van der Waals surface area (Å²) in [5.41, 5.74) is 3.11. The molecule has 0 radical (unpaired) electrons. The maximum atomic E-state index is 13.3. The summed E-state index contributed by atoms with van der Waals surface area (Å²) in [7, 11) is 0. The quantitative estimate of drug-likeness (QED) is 0.773.